The standard InChI is InChI=1S/C12H11N3O2S/c1-14(2)7-15-11(16)9-4-3-8(13-6-18)5-10(9)12(15)17/h3-5H,7H2,1-2H3. The molecule has 18 heavy (non-hydrogen) atoms. The van der Waals surface area contributed by atoms with E-state index >= 15 is 0 Å². The molecule has 0 spiro atoms. The first kappa shape index (κ1) is 12.6. The predicted octanol–water partition coefficient (Wildman–Crippen LogP) is 1.54. The Balaban J connectivity index is 2.42. The van der Waals surface area contributed by atoms with Crippen LogP contribution in [0.15, 0.2) is 23.2 Å². The van der Waals surface area contributed by atoms with E-state index in [-0.39, 0.29) is 18.5 Å². The van der Waals surface area contributed by atoms with E-state index in [4.69, 9.17) is 0 Å². The summed E-state index contributed by atoms with van der Waals surface area (Å²) in [5, 5.41) is 2.23. The molecule has 1 heterocycles. The Kier molecular flexibility index (Phi) is 3.34. The number of carbonyl (C=O) groups excluding carboxylic acids is 2. The molecule has 0 N–H and O–H groups in total. The Hall–Kier alpha value is -1.88. The molecular weight excluding hydrogens is 250 g/mol. The smallest absolute Gasteiger partial charge is 0.262 e. The van der Waals surface area contributed by atoms with Crippen LogP contribution in [-0.4, -0.2) is 47.5 Å². The van der Waals surface area contributed by atoms with Gasteiger partial charge in [0.05, 0.1) is 28.6 Å². The number of rotatable bonds is 3. The van der Waals surface area contributed by atoms with Gasteiger partial charge in [-0.25, -0.2) is 0 Å². The summed E-state index contributed by atoms with van der Waals surface area (Å²) in [5.74, 6) is -0.577. The molecule has 0 bridgehead atoms. The van der Waals surface area contributed by atoms with Gasteiger partial charge in [0.1, 0.15) is 0 Å². The molecule has 6 heteroatoms. The minimum Gasteiger partial charge on any atom is -0.292 e. The van der Waals surface area contributed by atoms with Gasteiger partial charge in [-0.05, 0) is 44.5 Å². The van der Waals surface area contributed by atoms with Gasteiger partial charge in [-0.15, -0.1) is 0 Å². The zero-order chi connectivity index (χ0) is 13.3. The topological polar surface area (TPSA) is 53.0 Å². The summed E-state index contributed by atoms with van der Waals surface area (Å²) in [6.07, 6.45) is 0. The lowest BCUT2D eigenvalue weighted by atomic mass is 10.1. The van der Waals surface area contributed by atoms with Gasteiger partial charge in [-0.1, -0.05) is 0 Å². The van der Waals surface area contributed by atoms with Crippen LogP contribution in [0.4, 0.5) is 5.69 Å². The van der Waals surface area contributed by atoms with Crippen LogP contribution in [0.3, 0.4) is 0 Å². The number of amides is 2. The number of carbonyl (C=O) groups is 2. The number of benzene rings is 1. The van der Waals surface area contributed by atoms with Gasteiger partial charge in [0.25, 0.3) is 11.8 Å². The molecule has 2 rings (SSSR count). The van der Waals surface area contributed by atoms with Gasteiger partial charge in [-0.3, -0.25) is 19.4 Å². The highest BCUT2D eigenvalue weighted by Gasteiger charge is 2.35. The second kappa shape index (κ2) is 4.78. The quantitative estimate of drug-likeness (QED) is 0.470. The Morgan fingerprint density at radius 2 is 1.94 bits per heavy atom. The molecule has 0 aromatic heterocycles. The predicted molar refractivity (Wildman–Crippen MR) is 70.2 cm³/mol. The third kappa shape index (κ3) is 2.09. The summed E-state index contributed by atoms with van der Waals surface area (Å²) in [6.45, 7) is 0.262. The van der Waals surface area contributed by atoms with Crippen LogP contribution in [0, 0.1) is 0 Å². The van der Waals surface area contributed by atoms with Crippen molar-refractivity contribution in [2.75, 3.05) is 20.8 Å². The third-order valence-electron chi connectivity index (χ3n) is 2.55. The van der Waals surface area contributed by atoms with Crippen LogP contribution in [0.2, 0.25) is 0 Å². The van der Waals surface area contributed by atoms with E-state index in [2.05, 4.69) is 22.4 Å². The molecule has 0 saturated heterocycles. The lowest BCUT2D eigenvalue weighted by Crippen LogP contribution is -2.37. The Morgan fingerprint density at radius 1 is 1.28 bits per heavy atom. The molecule has 1 aromatic carbocycles. The normalized spacial score (nSPS) is 13.8. The van der Waals surface area contributed by atoms with E-state index in [0.717, 1.165) is 0 Å². The Bertz CT molecular complexity index is 577. The third-order valence-corrected chi connectivity index (χ3v) is 2.64. The SMILES string of the molecule is CN(C)CN1C(=O)c2ccc(N=C=S)cc2C1=O. The van der Waals surface area contributed by atoms with Gasteiger partial charge in [0, 0.05) is 0 Å². The van der Waals surface area contributed by atoms with Gasteiger partial charge in [0.15, 0.2) is 0 Å². The van der Waals surface area contributed by atoms with E-state index in [1.165, 1.54) is 4.90 Å². The van der Waals surface area contributed by atoms with Gasteiger partial charge in [0.2, 0.25) is 0 Å². The first-order valence-electron chi connectivity index (χ1n) is 5.27. The summed E-state index contributed by atoms with van der Waals surface area (Å²) < 4.78 is 0. The maximum absolute atomic E-state index is 12.1. The molecule has 0 unspecified atom stereocenters. The molecule has 1 aliphatic heterocycles. The second-order valence-electron chi connectivity index (χ2n) is 4.19. The molecule has 0 aliphatic carbocycles. The summed E-state index contributed by atoms with van der Waals surface area (Å²) >= 11 is 4.51. The Labute approximate surface area is 110 Å². The number of isothiocyanates is 1. The van der Waals surface area contributed by atoms with Crippen LogP contribution in [-0.2, 0) is 0 Å². The van der Waals surface area contributed by atoms with Crippen LogP contribution >= 0.6 is 12.2 Å². The van der Waals surface area contributed by atoms with E-state index in [9.17, 15) is 9.59 Å². The zero-order valence-electron chi connectivity index (χ0n) is 10.0. The molecule has 1 aromatic rings. The minimum absolute atomic E-state index is 0.262. The van der Waals surface area contributed by atoms with Crippen LogP contribution in [0.25, 0.3) is 0 Å². The molecule has 0 fully saturated rings. The largest absolute Gasteiger partial charge is 0.292 e. The zero-order valence-corrected chi connectivity index (χ0v) is 10.8. The maximum atomic E-state index is 12.1. The van der Waals surface area contributed by atoms with Crippen LogP contribution in [0.1, 0.15) is 20.7 Å². The highest BCUT2D eigenvalue weighted by Crippen LogP contribution is 2.26. The highest BCUT2D eigenvalue weighted by atomic mass is 32.1. The van der Waals surface area contributed by atoms with Crippen molar-refractivity contribution in [3.05, 3.63) is 29.3 Å². The number of nitrogens with zero attached hydrogens (tertiary/aromatic N) is 3. The van der Waals surface area contributed by atoms with Crippen molar-refractivity contribution in [2.24, 2.45) is 4.99 Å². The fraction of sp³-hybridized carbons (Fsp3) is 0.250. The van der Waals surface area contributed by atoms with Gasteiger partial charge in [-0.2, -0.15) is 4.99 Å². The van der Waals surface area contributed by atoms with Crippen molar-refractivity contribution in [2.45, 2.75) is 0 Å². The maximum Gasteiger partial charge on any atom is 0.262 e. The molecule has 2 amide bonds. The minimum atomic E-state index is -0.301. The summed E-state index contributed by atoms with van der Waals surface area (Å²) in [4.78, 5) is 30.9. The summed E-state index contributed by atoms with van der Waals surface area (Å²) in [6, 6.07) is 4.80. The number of hydrogen-bond acceptors (Lipinski definition) is 5. The number of hydrogen-bond donors (Lipinski definition) is 0. The number of thiocarbonyl (C=S) groups is 1. The summed E-state index contributed by atoms with van der Waals surface area (Å²) in [7, 11) is 3.59. The second-order valence-corrected chi connectivity index (χ2v) is 4.37. The van der Waals surface area contributed by atoms with E-state index in [1.807, 2.05) is 0 Å². The van der Waals surface area contributed by atoms with Gasteiger partial charge < -0.3 is 0 Å². The van der Waals surface area contributed by atoms with E-state index in [1.54, 1.807) is 37.2 Å². The molecule has 5 nitrogen and oxygen atoms in total. The van der Waals surface area contributed by atoms with E-state index < -0.39 is 0 Å². The monoisotopic (exact) mass is 261 g/mol. The molecule has 0 radical (unpaired) electrons. The average molecular weight is 261 g/mol. The van der Waals surface area contributed by atoms with Crippen molar-refractivity contribution in [3.63, 3.8) is 0 Å². The fourth-order valence-corrected chi connectivity index (χ4v) is 1.92. The van der Waals surface area contributed by atoms with Crippen molar-refractivity contribution < 1.29 is 9.59 Å². The Morgan fingerprint density at radius 3 is 2.56 bits per heavy atom. The summed E-state index contributed by atoms with van der Waals surface area (Å²) in [5.41, 5.74) is 1.30. The van der Waals surface area contributed by atoms with Crippen LogP contribution < -0.4 is 0 Å². The number of imide groups is 1. The first-order chi connectivity index (χ1) is 8.54. The van der Waals surface area contributed by atoms with Crippen LogP contribution in [0.5, 0.6) is 0 Å². The first-order valence-corrected chi connectivity index (χ1v) is 5.68. The van der Waals surface area contributed by atoms with Crippen molar-refractivity contribution in [1.29, 1.82) is 0 Å². The molecule has 0 saturated carbocycles. The molecule has 0 atom stereocenters. The average Bonchev–Trinajstić information content (AvgIpc) is 2.55. The van der Waals surface area contributed by atoms with Crippen molar-refractivity contribution >= 4 is 34.9 Å². The van der Waals surface area contributed by atoms with Gasteiger partial charge >= 0.3 is 0 Å². The lowest BCUT2D eigenvalue weighted by molar-refractivity contribution is 0.0584. The lowest BCUT2D eigenvalue weighted by Gasteiger charge is -2.18. The van der Waals surface area contributed by atoms with Crippen molar-refractivity contribution in [3.8, 4) is 0 Å². The molecular formula is C12H11N3O2S. The molecule has 92 valence electrons. The fourth-order valence-electron chi connectivity index (χ4n) is 1.81. The van der Waals surface area contributed by atoms with Crippen molar-refractivity contribution in [1.82, 2.24) is 9.80 Å². The molecule has 1 aliphatic rings. The highest BCUT2D eigenvalue weighted by molar-refractivity contribution is 7.78. The number of aliphatic imine (C=N–C) groups is 1. The number of fused-ring (bicyclic) bond motifs is 1. The van der Waals surface area contributed by atoms with E-state index in [0.29, 0.717) is 16.8 Å².